The van der Waals surface area contributed by atoms with Crippen molar-refractivity contribution in [1.29, 1.82) is 0 Å². The molecule has 1 aromatic rings. The fraction of sp³-hybridized carbons (Fsp3) is 0.412. The van der Waals surface area contributed by atoms with E-state index in [-0.39, 0.29) is 17.8 Å². The molecule has 0 aliphatic heterocycles. The normalized spacial score (nSPS) is 18.0. The second-order valence-electron chi connectivity index (χ2n) is 5.57. The average Bonchev–Trinajstić information content (AvgIpc) is 2.94. The van der Waals surface area contributed by atoms with E-state index in [1.165, 1.54) is 0 Å². The van der Waals surface area contributed by atoms with E-state index in [0.29, 0.717) is 12.1 Å². The quantitative estimate of drug-likeness (QED) is 0.633. The van der Waals surface area contributed by atoms with Gasteiger partial charge >= 0.3 is 5.97 Å². The SMILES string of the molecule is Cc1ccc(NC(=O)[C@@H](C)OC(=O)C[C@@H]2C=CCC2)c(Br)c1. The Morgan fingerprint density at radius 3 is 2.86 bits per heavy atom. The molecule has 5 heteroatoms. The van der Waals surface area contributed by atoms with E-state index in [0.717, 1.165) is 22.9 Å². The predicted molar refractivity (Wildman–Crippen MR) is 89.5 cm³/mol. The molecule has 4 nitrogen and oxygen atoms in total. The van der Waals surface area contributed by atoms with E-state index in [2.05, 4.69) is 27.3 Å². The number of nitrogens with one attached hydrogen (secondary N) is 1. The molecule has 2 rings (SSSR count). The van der Waals surface area contributed by atoms with Gasteiger partial charge in [-0.1, -0.05) is 18.2 Å². The van der Waals surface area contributed by atoms with Gasteiger partial charge in [0, 0.05) is 4.47 Å². The first-order valence-electron chi connectivity index (χ1n) is 7.39. The lowest BCUT2D eigenvalue weighted by molar-refractivity contribution is -0.153. The van der Waals surface area contributed by atoms with Crippen molar-refractivity contribution < 1.29 is 14.3 Å². The van der Waals surface area contributed by atoms with Crippen LogP contribution in [0.5, 0.6) is 0 Å². The van der Waals surface area contributed by atoms with Gasteiger partial charge in [-0.05, 0) is 66.2 Å². The molecule has 22 heavy (non-hydrogen) atoms. The van der Waals surface area contributed by atoms with Crippen molar-refractivity contribution in [3.05, 3.63) is 40.4 Å². The molecule has 0 radical (unpaired) electrons. The van der Waals surface area contributed by atoms with Gasteiger partial charge in [-0.25, -0.2) is 0 Å². The number of hydrogen-bond acceptors (Lipinski definition) is 3. The predicted octanol–water partition coefficient (Wildman–Crippen LogP) is 3.98. The molecule has 0 heterocycles. The number of esters is 1. The molecule has 1 aliphatic rings. The van der Waals surface area contributed by atoms with E-state index in [1.54, 1.807) is 6.92 Å². The van der Waals surface area contributed by atoms with Gasteiger partial charge in [0.25, 0.3) is 5.91 Å². The summed E-state index contributed by atoms with van der Waals surface area (Å²) in [6, 6.07) is 5.64. The Bertz CT molecular complexity index is 598. The Morgan fingerprint density at radius 2 is 2.23 bits per heavy atom. The minimum Gasteiger partial charge on any atom is -0.453 e. The van der Waals surface area contributed by atoms with Crippen molar-refractivity contribution in [3.63, 3.8) is 0 Å². The Balaban J connectivity index is 1.85. The van der Waals surface area contributed by atoms with Gasteiger partial charge in [-0.2, -0.15) is 0 Å². The third-order valence-electron chi connectivity index (χ3n) is 3.60. The first-order valence-corrected chi connectivity index (χ1v) is 8.18. The molecule has 0 unspecified atom stereocenters. The van der Waals surface area contributed by atoms with Gasteiger partial charge in [-0.15, -0.1) is 0 Å². The Labute approximate surface area is 139 Å². The number of rotatable bonds is 5. The molecular formula is C17H20BrNO3. The van der Waals surface area contributed by atoms with Crippen molar-refractivity contribution in [1.82, 2.24) is 0 Å². The van der Waals surface area contributed by atoms with Gasteiger partial charge in [0.05, 0.1) is 12.1 Å². The maximum Gasteiger partial charge on any atom is 0.307 e. The number of aryl methyl sites for hydroxylation is 1. The topological polar surface area (TPSA) is 55.4 Å². The zero-order valence-corrected chi connectivity index (χ0v) is 14.4. The summed E-state index contributed by atoms with van der Waals surface area (Å²) in [5, 5.41) is 2.76. The lowest BCUT2D eigenvalue weighted by atomic mass is 10.1. The summed E-state index contributed by atoms with van der Waals surface area (Å²) in [6.45, 7) is 3.55. The van der Waals surface area contributed by atoms with Crippen molar-refractivity contribution in [2.24, 2.45) is 5.92 Å². The molecule has 1 aliphatic carbocycles. The van der Waals surface area contributed by atoms with Crippen LogP contribution < -0.4 is 5.32 Å². The van der Waals surface area contributed by atoms with Crippen LogP contribution in [0.25, 0.3) is 0 Å². The first-order chi connectivity index (χ1) is 10.5. The fourth-order valence-corrected chi connectivity index (χ4v) is 2.93. The van der Waals surface area contributed by atoms with Crippen LogP contribution in [-0.2, 0) is 14.3 Å². The highest BCUT2D eigenvalue weighted by Gasteiger charge is 2.21. The maximum atomic E-state index is 12.1. The van der Waals surface area contributed by atoms with Gasteiger partial charge in [0.15, 0.2) is 6.10 Å². The van der Waals surface area contributed by atoms with Crippen LogP contribution in [0.4, 0.5) is 5.69 Å². The summed E-state index contributed by atoms with van der Waals surface area (Å²) in [5.74, 6) is -0.420. The highest BCUT2D eigenvalue weighted by Crippen LogP contribution is 2.24. The third-order valence-corrected chi connectivity index (χ3v) is 4.26. The van der Waals surface area contributed by atoms with E-state index in [9.17, 15) is 9.59 Å². The zero-order chi connectivity index (χ0) is 16.1. The van der Waals surface area contributed by atoms with Gasteiger partial charge in [0.1, 0.15) is 0 Å². The Hall–Kier alpha value is -1.62. The largest absolute Gasteiger partial charge is 0.453 e. The maximum absolute atomic E-state index is 12.1. The van der Waals surface area contributed by atoms with Crippen LogP contribution in [0.1, 0.15) is 31.7 Å². The third kappa shape index (κ3) is 4.70. The van der Waals surface area contributed by atoms with Crippen molar-refractivity contribution in [2.75, 3.05) is 5.32 Å². The van der Waals surface area contributed by atoms with Crippen LogP contribution in [0, 0.1) is 12.8 Å². The molecule has 0 saturated heterocycles. The molecule has 118 valence electrons. The Kier molecular flexibility index (Phi) is 5.77. The summed E-state index contributed by atoms with van der Waals surface area (Å²) >= 11 is 3.40. The van der Waals surface area contributed by atoms with Gasteiger partial charge in [0.2, 0.25) is 0 Å². The van der Waals surface area contributed by atoms with Crippen LogP contribution in [-0.4, -0.2) is 18.0 Å². The molecule has 1 amide bonds. The number of amides is 1. The molecule has 1 aromatic carbocycles. The molecule has 1 N–H and O–H groups in total. The van der Waals surface area contributed by atoms with Gasteiger partial charge < -0.3 is 10.1 Å². The number of carbonyl (C=O) groups is 2. The van der Waals surface area contributed by atoms with E-state index >= 15 is 0 Å². The second-order valence-corrected chi connectivity index (χ2v) is 6.43. The monoisotopic (exact) mass is 365 g/mol. The second kappa shape index (κ2) is 7.58. The number of hydrogen-bond donors (Lipinski definition) is 1. The zero-order valence-electron chi connectivity index (χ0n) is 12.8. The molecule has 0 fully saturated rings. The van der Waals surface area contributed by atoms with Crippen molar-refractivity contribution in [2.45, 2.75) is 39.2 Å². The van der Waals surface area contributed by atoms with Crippen molar-refractivity contribution >= 4 is 33.5 Å². The van der Waals surface area contributed by atoms with E-state index < -0.39 is 6.10 Å². The molecule has 0 saturated carbocycles. The van der Waals surface area contributed by atoms with E-state index in [4.69, 9.17) is 4.74 Å². The summed E-state index contributed by atoms with van der Waals surface area (Å²) in [4.78, 5) is 23.9. The number of carbonyl (C=O) groups excluding carboxylic acids is 2. The number of ether oxygens (including phenoxy) is 1. The average molecular weight is 366 g/mol. The Morgan fingerprint density at radius 1 is 1.45 bits per heavy atom. The smallest absolute Gasteiger partial charge is 0.307 e. The van der Waals surface area contributed by atoms with Crippen LogP contribution in [0.15, 0.2) is 34.8 Å². The fourth-order valence-electron chi connectivity index (χ4n) is 2.33. The highest BCUT2D eigenvalue weighted by atomic mass is 79.9. The van der Waals surface area contributed by atoms with Gasteiger partial charge in [-0.3, -0.25) is 9.59 Å². The summed E-state index contributed by atoms with van der Waals surface area (Å²) < 4.78 is 6.01. The standard InChI is InChI=1S/C17H20BrNO3/c1-11-7-8-15(14(18)9-11)19-17(21)12(2)22-16(20)10-13-5-3-4-6-13/h3,5,7-9,12-13H,4,6,10H2,1-2H3,(H,19,21)/t12-,13-/m1/s1. The lowest BCUT2D eigenvalue weighted by Gasteiger charge is -2.15. The van der Waals surface area contributed by atoms with Crippen LogP contribution >= 0.6 is 15.9 Å². The highest BCUT2D eigenvalue weighted by molar-refractivity contribution is 9.10. The molecule has 2 atom stereocenters. The van der Waals surface area contributed by atoms with Crippen molar-refractivity contribution in [3.8, 4) is 0 Å². The van der Waals surface area contributed by atoms with Crippen LogP contribution in [0.2, 0.25) is 0 Å². The summed E-state index contributed by atoms with van der Waals surface area (Å²) in [6.07, 6.45) is 5.62. The molecular weight excluding hydrogens is 346 g/mol. The van der Waals surface area contributed by atoms with E-state index in [1.807, 2.05) is 31.2 Å². The lowest BCUT2D eigenvalue weighted by Crippen LogP contribution is -2.30. The minimum atomic E-state index is -0.814. The van der Waals surface area contributed by atoms with Crippen LogP contribution in [0.3, 0.4) is 0 Å². The molecule has 0 bridgehead atoms. The minimum absolute atomic E-state index is 0.244. The summed E-state index contributed by atoms with van der Waals surface area (Å²) in [5.41, 5.74) is 1.76. The number of allylic oxidation sites excluding steroid dienone is 2. The number of benzene rings is 1. The summed E-state index contributed by atoms with van der Waals surface area (Å²) in [7, 11) is 0. The molecule has 0 spiro atoms. The molecule has 0 aromatic heterocycles. The first kappa shape index (κ1) is 16.7. The number of anilines is 1. The number of halogens is 1.